The quantitative estimate of drug-likeness (QED) is 0.783. The first kappa shape index (κ1) is 11.0. The van der Waals surface area contributed by atoms with E-state index in [0.717, 1.165) is 4.90 Å². The molecule has 14 heavy (non-hydrogen) atoms. The van der Waals surface area contributed by atoms with Gasteiger partial charge in [0.2, 0.25) is 0 Å². The van der Waals surface area contributed by atoms with E-state index in [2.05, 4.69) is 0 Å². The van der Waals surface area contributed by atoms with E-state index < -0.39 is 5.97 Å². The Hall–Kier alpha value is -1.03. The highest BCUT2D eigenvalue weighted by Crippen LogP contribution is 2.24. The third-order valence-electron chi connectivity index (χ3n) is 1.61. The Morgan fingerprint density at radius 2 is 2.07 bits per heavy atom. The molecule has 1 N–H and O–H groups in total. The van der Waals surface area contributed by atoms with E-state index in [0.29, 0.717) is 0 Å². The molecule has 1 atom stereocenters. The number of benzene rings is 1. The summed E-state index contributed by atoms with van der Waals surface area (Å²) in [6.07, 6.45) is 0.113. The standard InChI is InChI=1S/C10H11FO2S/c1-7(6-10(12)13)14-9-4-2-8(11)3-5-9/h2-5,7H,6H2,1H3,(H,12,13)/t7-/m1/s1. The topological polar surface area (TPSA) is 37.3 Å². The van der Waals surface area contributed by atoms with Crippen LogP contribution in [0.15, 0.2) is 29.2 Å². The minimum absolute atomic E-state index is 0.00189. The minimum atomic E-state index is -0.813. The van der Waals surface area contributed by atoms with E-state index in [9.17, 15) is 9.18 Å². The molecular formula is C10H11FO2S. The molecule has 0 radical (unpaired) electrons. The van der Waals surface area contributed by atoms with E-state index in [4.69, 9.17) is 5.11 Å². The second-order valence-electron chi connectivity index (χ2n) is 2.98. The second-order valence-corrected chi connectivity index (χ2v) is 4.49. The fourth-order valence-electron chi connectivity index (χ4n) is 1.03. The molecular weight excluding hydrogens is 203 g/mol. The summed E-state index contributed by atoms with van der Waals surface area (Å²) >= 11 is 1.43. The van der Waals surface area contributed by atoms with Gasteiger partial charge in [-0.25, -0.2) is 4.39 Å². The van der Waals surface area contributed by atoms with Crippen LogP contribution < -0.4 is 0 Å². The molecule has 1 rings (SSSR count). The number of hydrogen-bond acceptors (Lipinski definition) is 2. The van der Waals surface area contributed by atoms with Crippen LogP contribution in [0.1, 0.15) is 13.3 Å². The SMILES string of the molecule is C[C@H](CC(=O)O)Sc1ccc(F)cc1. The van der Waals surface area contributed by atoms with Crippen molar-refractivity contribution in [3.63, 3.8) is 0 Å². The molecule has 1 aromatic carbocycles. The lowest BCUT2D eigenvalue weighted by molar-refractivity contribution is -0.136. The van der Waals surface area contributed by atoms with Gasteiger partial charge in [-0.2, -0.15) is 0 Å². The van der Waals surface area contributed by atoms with Crippen LogP contribution in [0.2, 0.25) is 0 Å². The normalized spacial score (nSPS) is 12.4. The molecule has 0 aliphatic carbocycles. The number of aliphatic carboxylic acids is 1. The van der Waals surface area contributed by atoms with Crippen molar-refractivity contribution in [3.8, 4) is 0 Å². The van der Waals surface area contributed by atoms with E-state index >= 15 is 0 Å². The van der Waals surface area contributed by atoms with Crippen LogP contribution in [0.3, 0.4) is 0 Å². The van der Waals surface area contributed by atoms with Gasteiger partial charge in [0.05, 0.1) is 6.42 Å². The zero-order valence-electron chi connectivity index (χ0n) is 7.74. The first-order chi connectivity index (χ1) is 6.58. The van der Waals surface area contributed by atoms with Crippen molar-refractivity contribution in [2.75, 3.05) is 0 Å². The summed E-state index contributed by atoms with van der Waals surface area (Å²) < 4.78 is 12.5. The zero-order chi connectivity index (χ0) is 10.6. The second kappa shape index (κ2) is 5.00. The number of hydrogen-bond donors (Lipinski definition) is 1. The molecule has 0 fully saturated rings. The van der Waals surface area contributed by atoms with Gasteiger partial charge in [-0.3, -0.25) is 4.79 Å². The van der Waals surface area contributed by atoms with Crippen molar-refractivity contribution in [3.05, 3.63) is 30.1 Å². The number of carboxylic acids is 1. The van der Waals surface area contributed by atoms with Gasteiger partial charge >= 0.3 is 5.97 Å². The summed E-state index contributed by atoms with van der Waals surface area (Å²) in [6, 6.07) is 6.04. The van der Waals surface area contributed by atoms with Crippen molar-refractivity contribution < 1.29 is 14.3 Å². The molecule has 0 heterocycles. The smallest absolute Gasteiger partial charge is 0.304 e. The first-order valence-electron chi connectivity index (χ1n) is 4.22. The molecule has 0 aliphatic rings. The summed E-state index contributed by atoms with van der Waals surface area (Å²) in [5.41, 5.74) is 0. The summed E-state index contributed by atoms with van der Waals surface area (Å²) in [6.45, 7) is 1.84. The zero-order valence-corrected chi connectivity index (χ0v) is 8.55. The lowest BCUT2D eigenvalue weighted by atomic mass is 10.3. The Bertz CT molecular complexity index is 310. The summed E-state index contributed by atoms with van der Waals surface area (Å²) in [7, 11) is 0. The summed E-state index contributed by atoms with van der Waals surface area (Å²) in [4.78, 5) is 11.3. The van der Waals surface area contributed by atoms with Crippen LogP contribution in [-0.2, 0) is 4.79 Å². The molecule has 0 saturated heterocycles. The molecule has 0 aliphatic heterocycles. The largest absolute Gasteiger partial charge is 0.481 e. The highest BCUT2D eigenvalue weighted by atomic mass is 32.2. The third kappa shape index (κ3) is 3.79. The van der Waals surface area contributed by atoms with Gasteiger partial charge in [-0.1, -0.05) is 6.92 Å². The number of carboxylic acid groups (broad SMARTS) is 1. The Morgan fingerprint density at radius 3 is 2.57 bits per heavy atom. The van der Waals surface area contributed by atoms with Crippen LogP contribution in [0.4, 0.5) is 4.39 Å². The monoisotopic (exact) mass is 214 g/mol. The van der Waals surface area contributed by atoms with Crippen molar-refractivity contribution >= 4 is 17.7 Å². The molecule has 0 aromatic heterocycles. The van der Waals surface area contributed by atoms with E-state index in [1.165, 1.54) is 23.9 Å². The third-order valence-corrected chi connectivity index (χ3v) is 2.73. The highest BCUT2D eigenvalue weighted by molar-refractivity contribution is 8.00. The predicted octanol–water partition coefficient (Wildman–Crippen LogP) is 2.78. The Balaban J connectivity index is 2.51. The van der Waals surface area contributed by atoms with Crippen LogP contribution in [0.25, 0.3) is 0 Å². The number of thioether (sulfide) groups is 1. The van der Waals surface area contributed by atoms with E-state index in [1.807, 2.05) is 6.92 Å². The van der Waals surface area contributed by atoms with Gasteiger partial charge in [-0.05, 0) is 24.3 Å². The van der Waals surface area contributed by atoms with Crippen molar-refractivity contribution in [2.45, 2.75) is 23.5 Å². The number of carbonyl (C=O) groups is 1. The van der Waals surface area contributed by atoms with Gasteiger partial charge in [-0.15, -0.1) is 11.8 Å². The molecule has 1 aromatic rings. The number of rotatable bonds is 4. The van der Waals surface area contributed by atoms with Crippen LogP contribution in [0, 0.1) is 5.82 Å². The molecule has 0 saturated carbocycles. The van der Waals surface area contributed by atoms with Crippen molar-refractivity contribution in [1.82, 2.24) is 0 Å². The molecule has 2 nitrogen and oxygen atoms in total. The highest BCUT2D eigenvalue weighted by Gasteiger charge is 2.08. The van der Waals surface area contributed by atoms with Gasteiger partial charge in [0.1, 0.15) is 5.82 Å². The average Bonchev–Trinajstić information content (AvgIpc) is 2.07. The van der Waals surface area contributed by atoms with Crippen LogP contribution in [-0.4, -0.2) is 16.3 Å². The van der Waals surface area contributed by atoms with Crippen LogP contribution in [0.5, 0.6) is 0 Å². The maximum Gasteiger partial charge on any atom is 0.304 e. The van der Waals surface area contributed by atoms with Gasteiger partial charge in [0, 0.05) is 10.1 Å². The maximum atomic E-state index is 12.5. The fraction of sp³-hybridized carbons (Fsp3) is 0.300. The Morgan fingerprint density at radius 1 is 1.50 bits per heavy atom. The lowest BCUT2D eigenvalue weighted by Crippen LogP contribution is -2.05. The fourth-order valence-corrected chi connectivity index (χ4v) is 2.02. The molecule has 0 bridgehead atoms. The van der Waals surface area contributed by atoms with Crippen molar-refractivity contribution in [2.24, 2.45) is 0 Å². The lowest BCUT2D eigenvalue weighted by Gasteiger charge is -2.07. The van der Waals surface area contributed by atoms with Crippen LogP contribution >= 0.6 is 11.8 Å². The van der Waals surface area contributed by atoms with E-state index in [-0.39, 0.29) is 17.5 Å². The van der Waals surface area contributed by atoms with Gasteiger partial charge in [0.25, 0.3) is 0 Å². The minimum Gasteiger partial charge on any atom is -0.481 e. The molecule has 76 valence electrons. The van der Waals surface area contributed by atoms with Gasteiger partial charge < -0.3 is 5.11 Å². The Kier molecular flexibility index (Phi) is 3.95. The summed E-state index contributed by atoms with van der Waals surface area (Å²) in [5.74, 6) is -1.09. The average molecular weight is 214 g/mol. The maximum absolute atomic E-state index is 12.5. The van der Waals surface area contributed by atoms with E-state index in [1.54, 1.807) is 12.1 Å². The molecule has 0 spiro atoms. The van der Waals surface area contributed by atoms with Gasteiger partial charge in [0.15, 0.2) is 0 Å². The summed E-state index contributed by atoms with van der Waals surface area (Å²) in [5, 5.41) is 8.53. The molecule has 0 unspecified atom stereocenters. The number of halogens is 1. The first-order valence-corrected chi connectivity index (χ1v) is 5.10. The molecule has 0 amide bonds. The predicted molar refractivity (Wildman–Crippen MR) is 54.0 cm³/mol. The molecule has 4 heteroatoms. The van der Waals surface area contributed by atoms with Crippen molar-refractivity contribution in [1.29, 1.82) is 0 Å². The Labute approximate surface area is 86.1 Å².